The SMILES string of the molecule is CCc1cccc(CNC[C@H](O)[C@H](Cc2cc(F)cc(F)c2)NC(=O)CCS(=O)(=O)N2CCCCC2CC)c1. The molecule has 3 atom stereocenters. The number of rotatable bonds is 14. The molecule has 39 heavy (non-hydrogen) atoms. The fraction of sp³-hybridized carbons (Fsp3) is 0.552. The van der Waals surface area contributed by atoms with Gasteiger partial charge in [0.1, 0.15) is 11.6 Å². The van der Waals surface area contributed by atoms with Crippen molar-refractivity contribution in [3.8, 4) is 0 Å². The van der Waals surface area contributed by atoms with Crippen molar-refractivity contribution >= 4 is 15.9 Å². The molecule has 0 aromatic heterocycles. The minimum atomic E-state index is -3.62. The first kappa shape index (κ1) is 31.1. The van der Waals surface area contributed by atoms with Gasteiger partial charge in [-0.15, -0.1) is 0 Å². The fourth-order valence-corrected chi connectivity index (χ4v) is 6.89. The van der Waals surface area contributed by atoms with Crippen LogP contribution in [-0.2, 0) is 34.2 Å². The van der Waals surface area contributed by atoms with Crippen molar-refractivity contribution < 1.29 is 27.1 Å². The molecule has 7 nitrogen and oxygen atoms in total. The van der Waals surface area contributed by atoms with E-state index in [2.05, 4.69) is 23.6 Å². The standard InChI is InChI=1S/C29H41F2N3O4S/c1-3-21-8-7-9-22(14-21)19-32-20-28(35)27(17-23-15-24(30)18-25(31)16-23)33-29(36)11-13-39(37,38)34-12-6-5-10-26(34)4-2/h7-9,14-16,18,26-28,32,35H,3-6,10-13,17,19-20H2,1-2H3,(H,33,36)/t26?,27-,28-/m0/s1. The molecule has 0 saturated carbocycles. The summed E-state index contributed by atoms with van der Waals surface area (Å²) in [5.74, 6) is -2.38. The second-order valence-corrected chi connectivity index (χ2v) is 12.3. The maximum atomic E-state index is 13.8. The van der Waals surface area contributed by atoms with Crippen LogP contribution in [0.15, 0.2) is 42.5 Å². The number of carbonyl (C=O) groups is 1. The van der Waals surface area contributed by atoms with Crippen molar-refractivity contribution in [1.82, 2.24) is 14.9 Å². The van der Waals surface area contributed by atoms with Gasteiger partial charge in [-0.2, -0.15) is 4.31 Å². The summed E-state index contributed by atoms with van der Waals surface area (Å²) in [6.07, 6.45) is 2.85. The molecule has 1 fully saturated rings. The Morgan fingerprint density at radius 2 is 1.79 bits per heavy atom. The molecule has 2 aromatic rings. The van der Waals surface area contributed by atoms with Crippen molar-refractivity contribution in [2.24, 2.45) is 0 Å². The number of carbonyl (C=O) groups excluding carboxylic acids is 1. The molecule has 0 aliphatic carbocycles. The highest BCUT2D eigenvalue weighted by Gasteiger charge is 2.32. The van der Waals surface area contributed by atoms with Gasteiger partial charge in [-0.25, -0.2) is 17.2 Å². The lowest BCUT2D eigenvalue weighted by Gasteiger charge is -2.34. The lowest BCUT2D eigenvalue weighted by atomic mass is 10.0. The number of nitrogens with zero attached hydrogens (tertiary/aromatic N) is 1. The molecule has 3 rings (SSSR count). The van der Waals surface area contributed by atoms with Crippen LogP contribution in [0.4, 0.5) is 8.78 Å². The number of piperidine rings is 1. The van der Waals surface area contributed by atoms with Crippen LogP contribution in [0.5, 0.6) is 0 Å². The van der Waals surface area contributed by atoms with Crippen LogP contribution in [-0.4, -0.2) is 60.8 Å². The number of nitrogens with one attached hydrogen (secondary N) is 2. The number of hydrogen-bond acceptors (Lipinski definition) is 5. The minimum absolute atomic E-state index is 0.0225. The topological polar surface area (TPSA) is 98.7 Å². The number of aliphatic hydroxyl groups is 1. The lowest BCUT2D eigenvalue weighted by molar-refractivity contribution is -0.122. The molecular formula is C29H41F2N3O4S. The van der Waals surface area contributed by atoms with Crippen molar-refractivity contribution in [1.29, 1.82) is 0 Å². The number of amides is 1. The molecule has 1 heterocycles. The molecule has 1 amide bonds. The first-order chi connectivity index (χ1) is 18.6. The van der Waals surface area contributed by atoms with Gasteiger partial charge in [0.15, 0.2) is 0 Å². The number of hydrogen-bond donors (Lipinski definition) is 3. The van der Waals surface area contributed by atoms with E-state index >= 15 is 0 Å². The van der Waals surface area contributed by atoms with Crippen molar-refractivity contribution in [3.05, 3.63) is 70.8 Å². The summed E-state index contributed by atoms with van der Waals surface area (Å²) in [5, 5.41) is 16.8. The lowest BCUT2D eigenvalue weighted by Crippen LogP contribution is -2.49. The summed E-state index contributed by atoms with van der Waals surface area (Å²) in [6, 6.07) is 10.2. The molecule has 3 N–H and O–H groups in total. The molecule has 1 aliphatic heterocycles. The number of aryl methyl sites for hydroxylation is 1. The fourth-order valence-electron chi connectivity index (χ4n) is 5.10. The average Bonchev–Trinajstić information content (AvgIpc) is 2.91. The van der Waals surface area contributed by atoms with Gasteiger partial charge in [-0.1, -0.05) is 44.5 Å². The second kappa shape index (κ2) is 14.8. The quantitative estimate of drug-likeness (QED) is 0.325. The predicted molar refractivity (Wildman–Crippen MR) is 149 cm³/mol. The van der Waals surface area contributed by atoms with Gasteiger partial charge < -0.3 is 15.7 Å². The zero-order valence-electron chi connectivity index (χ0n) is 22.8. The Balaban J connectivity index is 1.64. The van der Waals surface area contributed by atoms with E-state index in [1.165, 1.54) is 9.87 Å². The summed E-state index contributed by atoms with van der Waals surface area (Å²) in [4.78, 5) is 12.9. The molecule has 10 heteroatoms. The Kier molecular flexibility index (Phi) is 11.8. The van der Waals surface area contributed by atoms with Gasteiger partial charge in [0, 0.05) is 38.2 Å². The molecule has 1 unspecified atom stereocenters. The average molecular weight is 566 g/mol. The van der Waals surface area contributed by atoms with Crippen molar-refractivity contribution in [3.63, 3.8) is 0 Å². The van der Waals surface area contributed by atoms with E-state index < -0.39 is 39.7 Å². The first-order valence-electron chi connectivity index (χ1n) is 13.8. The minimum Gasteiger partial charge on any atom is -0.390 e. The molecule has 1 saturated heterocycles. The number of benzene rings is 2. The normalized spacial score (nSPS) is 18.0. The summed E-state index contributed by atoms with van der Waals surface area (Å²) >= 11 is 0. The molecular weight excluding hydrogens is 524 g/mol. The van der Waals surface area contributed by atoms with Crippen LogP contribution in [0.2, 0.25) is 0 Å². The van der Waals surface area contributed by atoms with E-state index in [0.717, 1.165) is 55.9 Å². The van der Waals surface area contributed by atoms with E-state index in [1.807, 2.05) is 25.1 Å². The maximum Gasteiger partial charge on any atom is 0.221 e. The zero-order chi connectivity index (χ0) is 28.4. The third-order valence-corrected chi connectivity index (χ3v) is 9.18. The van der Waals surface area contributed by atoms with Gasteiger partial charge in [-0.3, -0.25) is 4.79 Å². The second-order valence-electron chi connectivity index (χ2n) is 10.3. The zero-order valence-corrected chi connectivity index (χ0v) is 23.7. The van der Waals surface area contributed by atoms with Gasteiger partial charge in [-0.05, 0) is 60.9 Å². The van der Waals surface area contributed by atoms with Crippen LogP contribution in [0.3, 0.4) is 0 Å². The van der Waals surface area contributed by atoms with E-state index in [-0.39, 0.29) is 36.7 Å². The summed E-state index contributed by atoms with van der Waals surface area (Å²) in [5.41, 5.74) is 2.51. The molecule has 1 aliphatic rings. The smallest absolute Gasteiger partial charge is 0.221 e. The van der Waals surface area contributed by atoms with E-state index in [0.29, 0.717) is 13.1 Å². The highest BCUT2D eigenvalue weighted by Crippen LogP contribution is 2.23. The van der Waals surface area contributed by atoms with Gasteiger partial charge in [0.25, 0.3) is 0 Å². The third-order valence-electron chi connectivity index (χ3n) is 7.26. The van der Waals surface area contributed by atoms with E-state index in [1.54, 1.807) is 0 Å². The van der Waals surface area contributed by atoms with Crippen LogP contribution in [0.1, 0.15) is 62.6 Å². The highest BCUT2D eigenvalue weighted by molar-refractivity contribution is 7.89. The summed E-state index contributed by atoms with van der Waals surface area (Å²) in [7, 11) is -3.62. The largest absolute Gasteiger partial charge is 0.390 e. The Hall–Kier alpha value is -2.40. The molecule has 2 aromatic carbocycles. The molecule has 0 radical (unpaired) electrons. The summed E-state index contributed by atoms with van der Waals surface area (Å²) in [6.45, 7) is 5.09. The van der Waals surface area contributed by atoms with Crippen LogP contribution in [0, 0.1) is 11.6 Å². The van der Waals surface area contributed by atoms with Gasteiger partial charge >= 0.3 is 0 Å². The Bertz CT molecular complexity index is 1170. The van der Waals surface area contributed by atoms with Crippen LogP contribution in [0.25, 0.3) is 0 Å². The Morgan fingerprint density at radius 3 is 2.49 bits per heavy atom. The molecule has 0 spiro atoms. The van der Waals surface area contributed by atoms with Crippen molar-refractivity contribution in [2.45, 2.75) is 83.5 Å². The number of sulfonamides is 1. The van der Waals surface area contributed by atoms with Crippen LogP contribution >= 0.6 is 0 Å². The number of halogens is 2. The van der Waals surface area contributed by atoms with E-state index in [9.17, 15) is 27.1 Å². The predicted octanol–water partition coefficient (Wildman–Crippen LogP) is 3.69. The summed E-state index contributed by atoms with van der Waals surface area (Å²) < 4.78 is 55.1. The van der Waals surface area contributed by atoms with Crippen LogP contribution < -0.4 is 10.6 Å². The molecule has 0 bridgehead atoms. The molecule has 216 valence electrons. The Morgan fingerprint density at radius 1 is 1.08 bits per heavy atom. The van der Waals surface area contributed by atoms with Gasteiger partial charge in [0.2, 0.25) is 15.9 Å². The monoisotopic (exact) mass is 565 g/mol. The highest BCUT2D eigenvalue weighted by atomic mass is 32.2. The van der Waals surface area contributed by atoms with Gasteiger partial charge in [0.05, 0.1) is 17.9 Å². The van der Waals surface area contributed by atoms with Crippen molar-refractivity contribution in [2.75, 3.05) is 18.8 Å². The Labute approximate surface area is 231 Å². The maximum absolute atomic E-state index is 13.8. The number of aliphatic hydroxyl groups excluding tert-OH is 1. The first-order valence-corrected chi connectivity index (χ1v) is 15.4. The third kappa shape index (κ3) is 9.63. The van der Waals surface area contributed by atoms with E-state index in [4.69, 9.17) is 0 Å².